The molecule has 2 rings (SSSR count). The SMILES string of the molecule is O=[S@](Cc1cncs1)[C@@H]1CCNC1. The van der Waals surface area contributed by atoms with Crippen LogP contribution in [0.3, 0.4) is 0 Å². The first-order valence-electron chi connectivity index (χ1n) is 4.31. The van der Waals surface area contributed by atoms with E-state index in [4.69, 9.17) is 0 Å². The number of hydrogen-bond donors (Lipinski definition) is 1. The second-order valence-corrected chi connectivity index (χ2v) is 5.80. The Bertz CT molecular complexity index is 280. The Hall–Kier alpha value is -0.260. The summed E-state index contributed by atoms with van der Waals surface area (Å²) in [7, 11) is -0.717. The lowest BCUT2D eigenvalue weighted by atomic mass is 10.4. The minimum Gasteiger partial charge on any atom is -0.315 e. The van der Waals surface area contributed by atoms with Gasteiger partial charge in [-0.3, -0.25) is 9.19 Å². The first kappa shape index (κ1) is 9.30. The highest BCUT2D eigenvalue weighted by Gasteiger charge is 2.21. The topological polar surface area (TPSA) is 42.0 Å². The molecule has 0 amide bonds. The van der Waals surface area contributed by atoms with E-state index in [0.717, 1.165) is 24.4 Å². The fourth-order valence-electron chi connectivity index (χ4n) is 1.42. The van der Waals surface area contributed by atoms with Gasteiger partial charge in [0.1, 0.15) is 0 Å². The predicted octanol–water partition coefficient (Wildman–Crippen LogP) is 0.754. The fraction of sp³-hybridized carbons (Fsp3) is 0.625. The molecule has 1 aromatic rings. The second kappa shape index (κ2) is 4.30. The third kappa shape index (κ3) is 2.36. The first-order valence-corrected chi connectivity index (χ1v) is 6.57. The maximum Gasteiger partial charge on any atom is 0.0794 e. The summed E-state index contributed by atoms with van der Waals surface area (Å²) in [6.07, 6.45) is 2.86. The van der Waals surface area contributed by atoms with Crippen molar-refractivity contribution in [3.63, 3.8) is 0 Å². The molecule has 3 nitrogen and oxygen atoms in total. The van der Waals surface area contributed by atoms with Gasteiger partial charge in [-0.1, -0.05) is 0 Å². The molecule has 5 heteroatoms. The molecule has 0 unspecified atom stereocenters. The Morgan fingerprint density at radius 2 is 2.69 bits per heavy atom. The van der Waals surface area contributed by atoms with E-state index in [0.29, 0.717) is 11.0 Å². The lowest BCUT2D eigenvalue weighted by Crippen LogP contribution is -2.19. The minimum absolute atomic E-state index is 0.349. The molecule has 0 bridgehead atoms. The maximum absolute atomic E-state index is 11.8. The first-order chi connectivity index (χ1) is 6.36. The van der Waals surface area contributed by atoms with Gasteiger partial charge in [-0.05, 0) is 13.0 Å². The van der Waals surface area contributed by atoms with Crippen molar-refractivity contribution in [2.24, 2.45) is 0 Å². The number of aromatic nitrogens is 1. The van der Waals surface area contributed by atoms with Gasteiger partial charge in [-0.25, -0.2) is 0 Å². The Labute approximate surface area is 84.0 Å². The Morgan fingerprint density at radius 1 is 1.77 bits per heavy atom. The average molecular weight is 216 g/mol. The number of nitrogens with one attached hydrogen (secondary N) is 1. The van der Waals surface area contributed by atoms with Gasteiger partial charge in [-0.15, -0.1) is 11.3 Å². The molecule has 1 aliphatic heterocycles. The highest BCUT2D eigenvalue weighted by Crippen LogP contribution is 2.14. The summed E-state index contributed by atoms with van der Waals surface area (Å²) < 4.78 is 11.8. The van der Waals surface area contributed by atoms with Crippen LogP contribution in [0.2, 0.25) is 0 Å². The molecule has 1 aromatic heterocycles. The molecular formula is C8H12N2OS2. The van der Waals surface area contributed by atoms with E-state index in [-0.39, 0.29) is 0 Å². The van der Waals surface area contributed by atoms with Crippen LogP contribution in [0.5, 0.6) is 0 Å². The van der Waals surface area contributed by atoms with Crippen LogP contribution in [-0.2, 0) is 16.6 Å². The van der Waals surface area contributed by atoms with E-state index >= 15 is 0 Å². The quantitative estimate of drug-likeness (QED) is 0.811. The van der Waals surface area contributed by atoms with Crippen LogP contribution in [0.1, 0.15) is 11.3 Å². The lowest BCUT2D eigenvalue weighted by Gasteiger charge is -2.05. The van der Waals surface area contributed by atoms with Crippen molar-refractivity contribution >= 4 is 22.1 Å². The van der Waals surface area contributed by atoms with Crippen LogP contribution < -0.4 is 5.32 Å². The molecule has 72 valence electrons. The second-order valence-electron chi connectivity index (χ2n) is 3.11. The third-order valence-electron chi connectivity index (χ3n) is 2.15. The van der Waals surface area contributed by atoms with Gasteiger partial charge in [0.2, 0.25) is 0 Å². The van der Waals surface area contributed by atoms with Gasteiger partial charge < -0.3 is 5.32 Å². The van der Waals surface area contributed by atoms with Gasteiger partial charge >= 0.3 is 0 Å². The summed E-state index contributed by atoms with van der Waals surface area (Å²) in [5, 5.41) is 3.58. The molecule has 2 atom stereocenters. The predicted molar refractivity (Wildman–Crippen MR) is 55.2 cm³/mol. The zero-order valence-electron chi connectivity index (χ0n) is 7.23. The lowest BCUT2D eigenvalue weighted by molar-refractivity contribution is 0.672. The minimum atomic E-state index is -0.717. The van der Waals surface area contributed by atoms with Gasteiger partial charge in [0, 0.05) is 33.7 Å². The standard InChI is InChI=1S/C8H12N2OS2/c11-13(8-1-2-9-4-8)5-7-3-10-6-12-7/h3,6,8-9H,1-2,4-5H2/t8-,13-/m1/s1. The Kier molecular flexibility index (Phi) is 3.08. The summed E-state index contributed by atoms with van der Waals surface area (Å²) >= 11 is 1.59. The largest absolute Gasteiger partial charge is 0.315 e. The van der Waals surface area contributed by atoms with Crippen LogP contribution in [-0.4, -0.2) is 27.5 Å². The van der Waals surface area contributed by atoms with Crippen LogP contribution in [0, 0.1) is 0 Å². The number of rotatable bonds is 3. The van der Waals surface area contributed by atoms with E-state index in [1.807, 2.05) is 6.20 Å². The molecule has 1 saturated heterocycles. The number of hydrogen-bond acceptors (Lipinski definition) is 4. The van der Waals surface area contributed by atoms with Crippen molar-refractivity contribution in [1.82, 2.24) is 10.3 Å². The zero-order chi connectivity index (χ0) is 9.10. The molecule has 1 fully saturated rings. The van der Waals surface area contributed by atoms with Gasteiger partial charge in [0.05, 0.1) is 11.3 Å². The molecule has 0 aromatic carbocycles. The highest BCUT2D eigenvalue weighted by molar-refractivity contribution is 7.85. The third-order valence-corrected chi connectivity index (χ3v) is 4.86. The van der Waals surface area contributed by atoms with E-state index in [9.17, 15) is 4.21 Å². The van der Waals surface area contributed by atoms with Crippen LogP contribution in [0.4, 0.5) is 0 Å². The molecule has 0 radical (unpaired) electrons. The normalized spacial score (nSPS) is 24.8. The van der Waals surface area contributed by atoms with Crippen molar-refractivity contribution in [3.05, 3.63) is 16.6 Å². The molecule has 0 spiro atoms. The van der Waals surface area contributed by atoms with E-state index in [2.05, 4.69) is 10.3 Å². The summed E-state index contributed by atoms with van der Waals surface area (Å²) in [5.41, 5.74) is 1.79. The fourth-order valence-corrected chi connectivity index (χ4v) is 3.70. The molecule has 1 N–H and O–H groups in total. The molecule has 0 saturated carbocycles. The molecule has 1 aliphatic rings. The zero-order valence-corrected chi connectivity index (χ0v) is 8.87. The average Bonchev–Trinajstić information content (AvgIpc) is 2.74. The van der Waals surface area contributed by atoms with Crippen molar-refractivity contribution < 1.29 is 4.21 Å². The van der Waals surface area contributed by atoms with Crippen molar-refractivity contribution in [2.75, 3.05) is 13.1 Å². The van der Waals surface area contributed by atoms with Crippen LogP contribution >= 0.6 is 11.3 Å². The summed E-state index contributed by atoms with van der Waals surface area (Å²) in [6, 6.07) is 0. The van der Waals surface area contributed by atoms with E-state index in [1.54, 1.807) is 16.8 Å². The van der Waals surface area contributed by atoms with Gasteiger partial charge in [0.25, 0.3) is 0 Å². The van der Waals surface area contributed by atoms with Gasteiger partial charge in [0.15, 0.2) is 0 Å². The summed E-state index contributed by atoms with van der Waals surface area (Å²) in [4.78, 5) is 5.10. The van der Waals surface area contributed by atoms with E-state index in [1.165, 1.54) is 0 Å². The molecule has 2 heterocycles. The van der Waals surface area contributed by atoms with Gasteiger partial charge in [-0.2, -0.15) is 0 Å². The summed E-state index contributed by atoms with van der Waals surface area (Å²) in [6.45, 7) is 1.92. The van der Waals surface area contributed by atoms with Crippen molar-refractivity contribution in [1.29, 1.82) is 0 Å². The maximum atomic E-state index is 11.8. The Morgan fingerprint density at radius 3 is 3.31 bits per heavy atom. The van der Waals surface area contributed by atoms with Crippen LogP contribution in [0.25, 0.3) is 0 Å². The Balaban J connectivity index is 1.91. The number of thiazole rings is 1. The van der Waals surface area contributed by atoms with E-state index < -0.39 is 10.8 Å². The monoisotopic (exact) mass is 216 g/mol. The molecular weight excluding hydrogens is 204 g/mol. The highest BCUT2D eigenvalue weighted by atomic mass is 32.2. The van der Waals surface area contributed by atoms with Crippen molar-refractivity contribution in [2.45, 2.75) is 17.4 Å². The van der Waals surface area contributed by atoms with Crippen molar-refractivity contribution in [3.8, 4) is 0 Å². The molecule has 13 heavy (non-hydrogen) atoms. The smallest absolute Gasteiger partial charge is 0.0794 e. The number of nitrogens with zero attached hydrogens (tertiary/aromatic N) is 1. The molecule has 0 aliphatic carbocycles. The summed E-state index contributed by atoms with van der Waals surface area (Å²) in [5.74, 6) is 0.678. The van der Waals surface area contributed by atoms with Crippen LogP contribution in [0.15, 0.2) is 11.7 Å².